The SMILES string of the molecule is COc1cc(C=Nn2c(C3CCCCC3)nc3ccccc3c2=O)cc(Cl)c1O[C@@H](C)C(=O)O. The molecule has 0 aliphatic heterocycles. The van der Waals surface area contributed by atoms with Gasteiger partial charge in [0.25, 0.3) is 5.56 Å². The van der Waals surface area contributed by atoms with E-state index in [0.717, 1.165) is 25.7 Å². The average Bonchev–Trinajstić information content (AvgIpc) is 2.85. The minimum absolute atomic E-state index is 0.128. The molecule has 1 aliphatic rings. The first-order valence-corrected chi connectivity index (χ1v) is 11.6. The molecule has 0 unspecified atom stereocenters. The molecule has 178 valence electrons. The Morgan fingerprint density at radius 3 is 2.71 bits per heavy atom. The quantitative estimate of drug-likeness (QED) is 0.482. The Hall–Kier alpha value is -3.39. The van der Waals surface area contributed by atoms with Crippen molar-refractivity contribution < 1.29 is 19.4 Å². The number of benzene rings is 2. The van der Waals surface area contributed by atoms with Crippen LogP contribution in [0.2, 0.25) is 5.02 Å². The minimum Gasteiger partial charge on any atom is -0.493 e. The summed E-state index contributed by atoms with van der Waals surface area (Å²) in [5, 5.41) is 14.3. The first-order chi connectivity index (χ1) is 16.4. The van der Waals surface area contributed by atoms with E-state index in [9.17, 15) is 9.59 Å². The lowest BCUT2D eigenvalue weighted by Crippen LogP contribution is -2.25. The maximum absolute atomic E-state index is 13.3. The highest BCUT2D eigenvalue weighted by atomic mass is 35.5. The molecule has 0 bridgehead atoms. The predicted molar refractivity (Wildman–Crippen MR) is 131 cm³/mol. The Balaban J connectivity index is 1.76. The first-order valence-electron chi connectivity index (χ1n) is 11.2. The summed E-state index contributed by atoms with van der Waals surface area (Å²) in [6.45, 7) is 1.40. The van der Waals surface area contributed by atoms with Crippen LogP contribution in [0.1, 0.15) is 56.3 Å². The Kier molecular flexibility index (Phi) is 7.17. The van der Waals surface area contributed by atoms with Crippen LogP contribution in [0.25, 0.3) is 10.9 Å². The van der Waals surface area contributed by atoms with E-state index in [1.807, 2.05) is 12.1 Å². The standard InChI is InChI=1S/C25H26ClN3O5/c1-15(25(31)32)34-22-19(26)12-16(13-21(22)33-2)14-27-29-23(17-8-4-3-5-9-17)28-20-11-7-6-10-18(20)24(29)30/h6-7,10-15,17H,3-5,8-9H2,1-2H3,(H,31,32)/t15-/m0/s1. The number of hydrogen-bond donors (Lipinski definition) is 1. The third-order valence-corrected chi connectivity index (χ3v) is 6.25. The maximum atomic E-state index is 13.3. The van der Waals surface area contributed by atoms with E-state index >= 15 is 0 Å². The molecule has 3 aromatic rings. The number of nitrogens with zero attached hydrogens (tertiary/aromatic N) is 3. The summed E-state index contributed by atoms with van der Waals surface area (Å²) < 4.78 is 12.2. The molecule has 0 saturated heterocycles. The van der Waals surface area contributed by atoms with Gasteiger partial charge in [0.2, 0.25) is 0 Å². The number of ether oxygens (including phenoxy) is 2. The fraction of sp³-hybridized carbons (Fsp3) is 0.360. The van der Waals surface area contributed by atoms with Gasteiger partial charge < -0.3 is 14.6 Å². The number of carbonyl (C=O) groups is 1. The Labute approximate surface area is 201 Å². The summed E-state index contributed by atoms with van der Waals surface area (Å²) in [7, 11) is 1.43. The minimum atomic E-state index is -1.12. The molecule has 1 N–H and O–H groups in total. The van der Waals surface area contributed by atoms with Crippen LogP contribution >= 0.6 is 11.6 Å². The zero-order valence-electron chi connectivity index (χ0n) is 19.0. The number of methoxy groups -OCH3 is 1. The Bertz CT molecular complexity index is 1300. The number of halogens is 1. The van der Waals surface area contributed by atoms with Crippen molar-refractivity contribution in [3.05, 3.63) is 63.2 Å². The molecule has 4 rings (SSSR count). The lowest BCUT2D eigenvalue weighted by atomic mass is 9.88. The van der Waals surface area contributed by atoms with E-state index in [1.165, 1.54) is 31.3 Å². The van der Waals surface area contributed by atoms with Crippen molar-refractivity contribution in [3.8, 4) is 11.5 Å². The third kappa shape index (κ3) is 4.92. The van der Waals surface area contributed by atoms with Crippen LogP contribution in [-0.2, 0) is 4.79 Å². The molecule has 2 aromatic carbocycles. The van der Waals surface area contributed by atoms with E-state index in [0.29, 0.717) is 22.3 Å². The molecule has 1 heterocycles. The molecular formula is C25H26ClN3O5. The Morgan fingerprint density at radius 1 is 1.26 bits per heavy atom. The molecule has 1 aliphatic carbocycles. The summed E-state index contributed by atoms with van der Waals surface area (Å²) >= 11 is 6.37. The van der Waals surface area contributed by atoms with Crippen LogP contribution in [0.5, 0.6) is 11.5 Å². The van der Waals surface area contributed by atoms with Crippen molar-refractivity contribution in [1.29, 1.82) is 0 Å². The molecule has 0 radical (unpaired) electrons. The second kappa shape index (κ2) is 10.3. The fourth-order valence-electron chi connectivity index (χ4n) is 4.16. The van der Waals surface area contributed by atoms with Gasteiger partial charge in [0.15, 0.2) is 17.6 Å². The molecule has 1 fully saturated rings. The van der Waals surface area contributed by atoms with E-state index < -0.39 is 12.1 Å². The van der Waals surface area contributed by atoms with Crippen molar-refractivity contribution in [2.75, 3.05) is 7.11 Å². The van der Waals surface area contributed by atoms with Gasteiger partial charge in [0.05, 0.1) is 29.2 Å². The van der Waals surface area contributed by atoms with Gasteiger partial charge in [-0.25, -0.2) is 9.78 Å². The van der Waals surface area contributed by atoms with Gasteiger partial charge in [0, 0.05) is 5.92 Å². The maximum Gasteiger partial charge on any atom is 0.344 e. The number of rotatable bonds is 7. The summed E-state index contributed by atoms with van der Waals surface area (Å²) in [5.41, 5.74) is 1.00. The number of carboxylic acids is 1. The van der Waals surface area contributed by atoms with E-state index in [2.05, 4.69) is 5.10 Å². The van der Waals surface area contributed by atoms with Gasteiger partial charge >= 0.3 is 5.97 Å². The van der Waals surface area contributed by atoms with Gasteiger partial charge in [0.1, 0.15) is 5.82 Å². The van der Waals surface area contributed by atoms with Crippen LogP contribution < -0.4 is 15.0 Å². The Morgan fingerprint density at radius 2 is 2.00 bits per heavy atom. The molecule has 1 atom stereocenters. The lowest BCUT2D eigenvalue weighted by Gasteiger charge is -2.22. The van der Waals surface area contributed by atoms with Crippen molar-refractivity contribution in [1.82, 2.24) is 9.66 Å². The molecule has 0 amide bonds. The van der Waals surface area contributed by atoms with Crippen molar-refractivity contribution >= 4 is 34.7 Å². The summed E-state index contributed by atoms with van der Waals surface area (Å²) in [4.78, 5) is 29.3. The number of fused-ring (bicyclic) bond motifs is 1. The van der Waals surface area contributed by atoms with E-state index in [1.54, 1.807) is 24.3 Å². The van der Waals surface area contributed by atoms with Crippen molar-refractivity contribution in [2.24, 2.45) is 5.10 Å². The summed E-state index contributed by atoms with van der Waals surface area (Å²) in [5.74, 6) is 0.0897. The highest BCUT2D eigenvalue weighted by Crippen LogP contribution is 2.37. The second-order valence-electron chi connectivity index (χ2n) is 8.32. The number of carboxylic acid groups (broad SMARTS) is 1. The van der Waals surface area contributed by atoms with Crippen LogP contribution in [-0.4, -0.2) is 40.2 Å². The predicted octanol–water partition coefficient (Wildman–Crippen LogP) is 4.84. The molecule has 1 saturated carbocycles. The van der Waals surface area contributed by atoms with Crippen molar-refractivity contribution in [2.45, 2.75) is 51.0 Å². The van der Waals surface area contributed by atoms with Crippen LogP contribution in [0, 0.1) is 0 Å². The van der Waals surface area contributed by atoms with Gasteiger partial charge in [-0.05, 0) is 49.6 Å². The fourth-order valence-corrected chi connectivity index (χ4v) is 4.42. The molecular weight excluding hydrogens is 458 g/mol. The van der Waals surface area contributed by atoms with Crippen LogP contribution in [0.3, 0.4) is 0 Å². The van der Waals surface area contributed by atoms with Gasteiger partial charge in [-0.15, -0.1) is 0 Å². The zero-order chi connectivity index (χ0) is 24.2. The summed E-state index contributed by atoms with van der Waals surface area (Å²) in [6.07, 6.45) is 5.72. The first kappa shape index (κ1) is 23.8. The van der Waals surface area contributed by atoms with Gasteiger partial charge in [-0.2, -0.15) is 9.78 Å². The largest absolute Gasteiger partial charge is 0.493 e. The molecule has 8 nitrogen and oxygen atoms in total. The summed E-state index contributed by atoms with van der Waals surface area (Å²) in [6, 6.07) is 10.5. The van der Waals surface area contributed by atoms with Crippen LogP contribution in [0.15, 0.2) is 46.3 Å². The molecule has 1 aromatic heterocycles. The topological polar surface area (TPSA) is 103 Å². The van der Waals surface area contributed by atoms with Gasteiger partial charge in [-0.1, -0.05) is 43.0 Å². The second-order valence-corrected chi connectivity index (χ2v) is 8.72. The average molecular weight is 484 g/mol. The third-order valence-electron chi connectivity index (χ3n) is 5.97. The van der Waals surface area contributed by atoms with Crippen LogP contribution in [0.4, 0.5) is 0 Å². The van der Waals surface area contributed by atoms with Crippen molar-refractivity contribution in [3.63, 3.8) is 0 Å². The number of para-hydroxylation sites is 1. The highest BCUT2D eigenvalue weighted by molar-refractivity contribution is 6.32. The monoisotopic (exact) mass is 483 g/mol. The number of aliphatic carboxylic acids is 1. The molecule has 34 heavy (non-hydrogen) atoms. The molecule has 0 spiro atoms. The normalized spacial score (nSPS) is 15.5. The smallest absolute Gasteiger partial charge is 0.344 e. The van der Waals surface area contributed by atoms with Gasteiger partial charge in [-0.3, -0.25) is 4.79 Å². The number of hydrogen-bond acceptors (Lipinski definition) is 6. The van der Waals surface area contributed by atoms with E-state index in [-0.39, 0.29) is 28.0 Å². The molecule has 9 heteroatoms. The van der Waals surface area contributed by atoms with E-state index in [4.69, 9.17) is 31.2 Å². The zero-order valence-corrected chi connectivity index (χ0v) is 19.8. The highest BCUT2D eigenvalue weighted by Gasteiger charge is 2.23. The number of aromatic nitrogens is 2. The lowest BCUT2D eigenvalue weighted by molar-refractivity contribution is -0.144.